The van der Waals surface area contributed by atoms with Crippen LogP contribution in [0.25, 0.3) is 15.9 Å². The summed E-state index contributed by atoms with van der Waals surface area (Å²) in [4.78, 5) is 13.5. The van der Waals surface area contributed by atoms with Crippen LogP contribution >= 0.6 is 0 Å². The first-order valence-corrected chi connectivity index (χ1v) is 9.31. The molecule has 2 N–H and O–H groups in total. The maximum atomic E-state index is 13.8. The third-order valence-electron chi connectivity index (χ3n) is 5.18. The predicted octanol–water partition coefficient (Wildman–Crippen LogP) is 3.92. The van der Waals surface area contributed by atoms with Crippen molar-refractivity contribution in [3.8, 4) is 0 Å². The number of anilines is 1. The van der Waals surface area contributed by atoms with Gasteiger partial charge in [0, 0.05) is 19.3 Å². The molecule has 3 heterocycles. The van der Waals surface area contributed by atoms with E-state index in [0.717, 1.165) is 6.07 Å². The van der Waals surface area contributed by atoms with E-state index in [1.807, 2.05) is 0 Å². The van der Waals surface area contributed by atoms with Gasteiger partial charge in [0.05, 0.1) is 35.9 Å². The van der Waals surface area contributed by atoms with E-state index in [4.69, 9.17) is 12.3 Å². The summed E-state index contributed by atoms with van der Waals surface area (Å²) >= 11 is 0. The highest BCUT2D eigenvalue weighted by Gasteiger charge is 2.36. The van der Waals surface area contributed by atoms with Gasteiger partial charge in [-0.05, 0) is 24.6 Å². The molecular formula is C20H18F4N6. The number of aromatic nitrogens is 3. The molecule has 0 unspecified atom stereocenters. The van der Waals surface area contributed by atoms with E-state index in [0.29, 0.717) is 29.4 Å². The van der Waals surface area contributed by atoms with E-state index in [1.54, 1.807) is 27.7 Å². The number of hydrogen-bond acceptors (Lipinski definition) is 4. The van der Waals surface area contributed by atoms with Crippen LogP contribution in [0.3, 0.4) is 0 Å². The van der Waals surface area contributed by atoms with Gasteiger partial charge in [-0.3, -0.25) is 4.98 Å². The molecule has 30 heavy (non-hydrogen) atoms. The molecule has 156 valence electrons. The van der Waals surface area contributed by atoms with Gasteiger partial charge in [0.25, 0.3) is 0 Å². The van der Waals surface area contributed by atoms with Gasteiger partial charge in [-0.25, -0.2) is 14.2 Å². The summed E-state index contributed by atoms with van der Waals surface area (Å²) in [6, 6.07) is 6.39. The molecule has 1 aliphatic rings. The maximum absolute atomic E-state index is 13.8. The van der Waals surface area contributed by atoms with Crippen molar-refractivity contribution >= 4 is 22.7 Å². The largest absolute Gasteiger partial charge is 0.418 e. The van der Waals surface area contributed by atoms with Gasteiger partial charge in [0.2, 0.25) is 11.6 Å². The van der Waals surface area contributed by atoms with E-state index in [2.05, 4.69) is 14.8 Å². The van der Waals surface area contributed by atoms with Crippen molar-refractivity contribution in [3.05, 3.63) is 59.2 Å². The third kappa shape index (κ3) is 3.68. The molecule has 4 rings (SSSR count). The first-order chi connectivity index (χ1) is 14.3. The van der Waals surface area contributed by atoms with E-state index in [9.17, 15) is 17.6 Å². The number of nitrogens with two attached hydrogens (primary N) is 1. The zero-order valence-corrected chi connectivity index (χ0v) is 15.8. The van der Waals surface area contributed by atoms with E-state index in [-0.39, 0.29) is 25.0 Å². The van der Waals surface area contributed by atoms with Gasteiger partial charge in [-0.2, -0.15) is 13.2 Å². The SMILES string of the molecule is [C-]#[N+]c1ccc(Cn2c(N3CC[C@@H](F)[C@H](N)C3)nc3c(C(F)(F)F)cccc32)nc1. The Labute approximate surface area is 169 Å². The Bertz CT molecular complexity index is 1100. The Morgan fingerprint density at radius 2 is 2.03 bits per heavy atom. The Balaban J connectivity index is 1.83. The molecule has 2 aromatic heterocycles. The highest BCUT2D eigenvalue weighted by molar-refractivity contribution is 5.83. The Morgan fingerprint density at radius 3 is 2.67 bits per heavy atom. The smallest absolute Gasteiger partial charge is 0.340 e. The predicted molar refractivity (Wildman–Crippen MR) is 104 cm³/mol. The van der Waals surface area contributed by atoms with Gasteiger partial charge in [0.1, 0.15) is 11.7 Å². The number of alkyl halides is 4. The summed E-state index contributed by atoms with van der Waals surface area (Å²) in [6.45, 7) is 7.61. The zero-order valence-electron chi connectivity index (χ0n) is 15.8. The van der Waals surface area contributed by atoms with Crippen molar-refractivity contribution in [1.29, 1.82) is 0 Å². The molecule has 1 aliphatic heterocycles. The van der Waals surface area contributed by atoms with Crippen LogP contribution < -0.4 is 10.6 Å². The van der Waals surface area contributed by atoms with Crippen molar-refractivity contribution in [1.82, 2.24) is 14.5 Å². The summed E-state index contributed by atoms with van der Waals surface area (Å²) in [5.41, 5.74) is 6.08. The number of imidazole rings is 1. The van der Waals surface area contributed by atoms with Gasteiger partial charge in [0.15, 0.2) is 0 Å². The van der Waals surface area contributed by atoms with Crippen LogP contribution in [-0.2, 0) is 12.7 Å². The monoisotopic (exact) mass is 418 g/mol. The molecular weight excluding hydrogens is 400 g/mol. The standard InChI is InChI=1S/C20H18F4N6/c1-26-12-5-6-13(27-9-12)10-30-17-4-2-3-14(20(22,23)24)18(17)28-19(30)29-8-7-15(21)16(25)11-29/h2-6,9,15-16H,7-8,10-11,25H2/t15-,16-/m1/s1. The maximum Gasteiger partial charge on any atom is 0.418 e. The average Bonchev–Trinajstić information content (AvgIpc) is 3.08. The number of halogens is 4. The lowest BCUT2D eigenvalue weighted by atomic mass is 10.1. The fourth-order valence-electron chi connectivity index (χ4n) is 3.63. The van der Waals surface area contributed by atoms with E-state index < -0.39 is 24.0 Å². The zero-order chi connectivity index (χ0) is 21.5. The first kappa shape index (κ1) is 20.1. The summed E-state index contributed by atoms with van der Waals surface area (Å²) in [7, 11) is 0. The van der Waals surface area contributed by atoms with Crippen molar-refractivity contribution in [2.24, 2.45) is 5.73 Å². The Morgan fingerprint density at radius 1 is 1.23 bits per heavy atom. The van der Waals surface area contributed by atoms with Gasteiger partial charge in [-0.15, -0.1) is 0 Å². The van der Waals surface area contributed by atoms with E-state index >= 15 is 0 Å². The highest BCUT2D eigenvalue weighted by Crippen LogP contribution is 2.36. The van der Waals surface area contributed by atoms with Crippen molar-refractivity contribution in [2.45, 2.75) is 31.4 Å². The van der Waals surface area contributed by atoms with Crippen LogP contribution in [0.15, 0.2) is 36.5 Å². The minimum atomic E-state index is -4.56. The van der Waals surface area contributed by atoms with Gasteiger partial charge >= 0.3 is 6.18 Å². The molecule has 1 saturated heterocycles. The van der Waals surface area contributed by atoms with Crippen molar-refractivity contribution in [3.63, 3.8) is 0 Å². The van der Waals surface area contributed by atoms with Crippen molar-refractivity contribution in [2.75, 3.05) is 18.0 Å². The molecule has 0 radical (unpaired) electrons. The third-order valence-corrected chi connectivity index (χ3v) is 5.18. The van der Waals surface area contributed by atoms with Crippen molar-refractivity contribution < 1.29 is 17.6 Å². The normalized spacial score (nSPS) is 19.8. The number of hydrogen-bond donors (Lipinski definition) is 1. The Hall–Kier alpha value is -3.19. The second-order valence-corrected chi connectivity index (χ2v) is 7.20. The number of pyridine rings is 1. The lowest BCUT2D eigenvalue weighted by molar-refractivity contribution is -0.136. The second kappa shape index (κ2) is 7.57. The number of para-hydroxylation sites is 1. The molecule has 1 fully saturated rings. The van der Waals surface area contributed by atoms with Gasteiger partial charge in [-0.1, -0.05) is 12.1 Å². The minimum absolute atomic E-state index is 0.149. The summed E-state index contributed by atoms with van der Waals surface area (Å²) in [5, 5.41) is 0. The summed E-state index contributed by atoms with van der Waals surface area (Å²) < 4.78 is 56.1. The molecule has 0 amide bonds. The molecule has 10 heteroatoms. The molecule has 0 bridgehead atoms. The van der Waals surface area contributed by atoms with Crippen LogP contribution in [-0.4, -0.2) is 39.8 Å². The topological polar surface area (TPSA) is 64.3 Å². The lowest BCUT2D eigenvalue weighted by Gasteiger charge is -2.34. The first-order valence-electron chi connectivity index (χ1n) is 9.31. The van der Waals surface area contributed by atoms with Crippen LogP contribution in [0, 0.1) is 6.57 Å². The summed E-state index contributed by atoms with van der Waals surface area (Å²) in [5.74, 6) is 0.292. The second-order valence-electron chi connectivity index (χ2n) is 7.20. The average molecular weight is 418 g/mol. The number of benzene rings is 1. The fourth-order valence-corrected chi connectivity index (χ4v) is 3.63. The lowest BCUT2D eigenvalue weighted by Crippen LogP contribution is -2.50. The van der Waals surface area contributed by atoms with Crippen LogP contribution in [0.5, 0.6) is 0 Å². The van der Waals surface area contributed by atoms with Crippen LogP contribution in [0.4, 0.5) is 29.2 Å². The van der Waals surface area contributed by atoms with E-state index in [1.165, 1.54) is 12.3 Å². The quantitative estimate of drug-likeness (QED) is 0.517. The number of fused-ring (bicyclic) bond motifs is 1. The fraction of sp³-hybridized carbons (Fsp3) is 0.350. The number of rotatable bonds is 3. The highest BCUT2D eigenvalue weighted by atomic mass is 19.4. The summed E-state index contributed by atoms with van der Waals surface area (Å²) in [6.07, 6.45) is -4.14. The molecule has 1 aromatic carbocycles. The molecule has 0 aliphatic carbocycles. The molecule has 0 saturated carbocycles. The Kier molecular flexibility index (Phi) is 5.07. The molecule has 0 spiro atoms. The van der Waals surface area contributed by atoms with Gasteiger partial charge < -0.3 is 15.2 Å². The molecule has 3 aromatic rings. The minimum Gasteiger partial charge on any atom is -0.340 e. The number of nitrogens with zero attached hydrogens (tertiary/aromatic N) is 5. The molecule has 6 nitrogen and oxygen atoms in total. The van der Waals surface area contributed by atoms with Crippen LogP contribution in [0.2, 0.25) is 0 Å². The molecule has 2 atom stereocenters. The number of piperidine rings is 1. The van der Waals surface area contributed by atoms with Crippen LogP contribution in [0.1, 0.15) is 17.7 Å².